The number of aryl methyl sites for hydroxylation is 2. The predicted molar refractivity (Wildman–Crippen MR) is 161 cm³/mol. The molecule has 0 unspecified atom stereocenters. The van der Waals surface area contributed by atoms with Gasteiger partial charge in [-0.25, -0.2) is 4.68 Å². The minimum Gasteiger partial charge on any atom is -0.494 e. The highest BCUT2D eigenvalue weighted by Gasteiger charge is 2.20. The summed E-state index contributed by atoms with van der Waals surface area (Å²) in [5, 5.41) is 10.5. The lowest BCUT2D eigenvalue weighted by molar-refractivity contribution is 0.340. The number of ether oxygens (including phenoxy) is 1. The summed E-state index contributed by atoms with van der Waals surface area (Å²) in [6.45, 7) is 6.57. The quantitative estimate of drug-likeness (QED) is 0.249. The van der Waals surface area contributed by atoms with E-state index in [9.17, 15) is 4.79 Å². The summed E-state index contributed by atoms with van der Waals surface area (Å²) in [7, 11) is 0. The van der Waals surface area contributed by atoms with Gasteiger partial charge in [-0.05, 0) is 68.8 Å². The van der Waals surface area contributed by atoms with Gasteiger partial charge < -0.3 is 9.15 Å². The van der Waals surface area contributed by atoms with E-state index in [-0.39, 0.29) is 5.56 Å². The molecule has 0 aliphatic rings. The van der Waals surface area contributed by atoms with Crippen molar-refractivity contribution in [2.24, 2.45) is 0 Å². The van der Waals surface area contributed by atoms with Crippen LogP contribution in [0.2, 0.25) is 0 Å². The summed E-state index contributed by atoms with van der Waals surface area (Å²) in [6, 6.07) is 23.7. The molecule has 0 fully saturated rings. The van der Waals surface area contributed by atoms with Crippen LogP contribution >= 0.6 is 11.3 Å². The monoisotopic (exact) mass is 559 g/mol. The van der Waals surface area contributed by atoms with Crippen LogP contribution in [0, 0.1) is 13.8 Å². The highest BCUT2D eigenvalue weighted by atomic mass is 32.1. The Hall–Kier alpha value is -5.02. The first-order valence-electron chi connectivity index (χ1n) is 13.3. The Bertz CT molecular complexity index is 2170. The van der Waals surface area contributed by atoms with Crippen molar-refractivity contribution in [1.29, 1.82) is 0 Å². The van der Waals surface area contributed by atoms with E-state index in [0.29, 0.717) is 27.7 Å². The molecule has 0 aliphatic heterocycles. The van der Waals surface area contributed by atoms with E-state index < -0.39 is 0 Å². The third-order valence-corrected chi connectivity index (χ3v) is 8.00. The molecule has 0 aliphatic carbocycles. The van der Waals surface area contributed by atoms with Gasteiger partial charge in [-0.2, -0.15) is 14.6 Å². The van der Waals surface area contributed by atoms with Crippen LogP contribution in [0.5, 0.6) is 5.75 Å². The molecule has 0 amide bonds. The van der Waals surface area contributed by atoms with Gasteiger partial charge in [0.1, 0.15) is 17.0 Å². The Morgan fingerprint density at radius 3 is 2.56 bits per heavy atom. The second kappa shape index (κ2) is 9.87. The molecule has 7 rings (SSSR count). The smallest absolute Gasteiger partial charge is 0.291 e. The maximum Gasteiger partial charge on any atom is 0.291 e. The minimum absolute atomic E-state index is 0.237. The van der Waals surface area contributed by atoms with Crippen LogP contribution in [0.3, 0.4) is 0 Å². The normalized spacial score (nSPS) is 12.1. The number of furan rings is 1. The average molecular weight is 560 g/mol. The molecular weight excluding hydrogens is 534 g/mol. The van der Waals surface area contributed by atoms with Crippen LogP contribution in [0.15, 0.2) is 88.2 Å². The zero-order valence-electron chi connectivity index (χ0n) is 22.7. The summed E-state index contributed by atoms with van der Waals surface area (Å²) in [5.41, 5.74) is 5.97. The molecule has 0 N–H and O–H groups in total. The second-order valence-electron chi connectivity index (χ2n) is 9.72. The molecule has 0 radical (unpaired) electrons. The molecule has 3 aromatic carbocycles. The SMILES string of the molecule is CCOc1ccc(-c2nn(-c3ccccc3)cc2/C=c2\sc3nc(-c4oc5ccccc5c4C)nn3c2=O)c(C)c1. The van der Waals surface area contributed by atoms with Crippen molar-refractivity contribution in [3.8, 4) is 34.3 Å². The van der Waals surface area contributed by atoms with E-state index in [2.05, 4.69) is 10.1 Å². The summed E-state index contributed by atoms with van der Waals surface area (Å²) in [4.78, 5) is 18.7. The van der Waals surface area contributed by atoms with Gasteiger partial charge in [-0.15, -0.1) is 5.10 Å². The van der Waals surface area contributed by atoms with Crippen molar-refractivity contribution in [3.05, 3.63) is 111 Å². The molecule has 41 heavy (non-hydrogen) atoms. The lowest BCUT2D eigenvalue weighted by atomic mass is 10.0. The van der Waals surface area contributed by atoms with Gasteiger partial charge in [-0.1, -0.05) is 47.7 Å². The van der Waals surface area contributed by atoms with E-state index in [4.69, 9.17) is 14.3 Å². The minimum atomic E-state index is -0.237. The standard InChI is InChI=1S/C32H25N5O3S/c1-4-39-23-14-15-24(19(2)16-23)28-21(18-36(34-28)22-10-6-5-7-11-22)17-27-31(38)37-32(41-27)33-30(35-37)29-20(3)25-12-8-9-13-26(25)40-29/h5-18H,4H2,1-3H3/b27-17-. The maximum atomic E-state index is 13.5. The molecule has 4 aromatic heterocycles. The Morgan fingerprint density at radius 2 is 1.80 bits per heavy atom. The highest BCUT2D eigenvalue weighted by Crippen LogP contribution is 2.32. The summed E-state index contributed by atoms with van der Waals surface area (Å²) >= 11 is 1.29. The first-order valence-corrected chi connectivity index (χ1v) is 14.1. The summed E-state index contributed by atoms with van der Waals surface area (Å²) < 4.78 is 15.4. The fourth-order valence-electron chi connectivity index (χ4n) is 5.03. The fraction of sp³-hybridized carbons (Fsp3) is 0.125. The number of benzene rings is 3. The Kier molecular flexibility index (Phi) is 6.01. The highest BCUT2D eigenvalue weighted by molar-refractivity contribution is 7.15. The molecule has 7 aromatic rings. The van der Waals surface area contributed by atoms with Crippen molar-refractivity contribution < 1.29 is 9.15 Å². The topological polar surface area (TPSA) is 87.4 Å². The van der Waals surface area contributed by atoms with E-state index >= 15 is 0 Å². The number of para-hydroxylation sites is 2. The number of nitrogens with zero attached hydrogens (tertiary/aromatic N) is 5. The van der Waals surface area contributed by atoms with E-state index in [1.807, 2.05) is 111 Å². The molecule has 0 spiro atoms. The van der Waals surface area contributed by atoms with Gasteiger partial charge >= 0.3 is 0 Å². The largest absolute Gasteiger partial charge is 0.494 e. The molecule has 0 saturated carbocycles. The number of thiazole rings is 1. The third-order valence-electron chi connectivity index (χ3n) is 7.04. The van der Waals surface area contributed by atoms with Gasteiger partial charge in [0.15, 0.2) is 5.76 Å². The third kappa shape index (κ3) is 4.31. The molecule has 8 nitrogen and oxygen atoms in total. The van der Waals surface area contributed by atoms with Gasteiger partial charge in [-0.3, -0.25) is 4.79 Å². The molecule has 9 heteroatoms. The molecular formula is C32H25N5O3S. The lowest BCUT2D eigenvalue weighted by Gasteiger charge is -2.08. The van der Waals surface area contributed by atoms with Crippen molar-refractivity contribution in [3.63, 3.8) is 0 Å². The zero-order valence-corrected chi connectivity index (χ0v) is 23.5. The Labute approximate surface area is 238 Å². The summed E-state index contributed by atoms with van der Waals surface area (Å²) in [6.07, 6.45) is 3.81. The lowest BCUT2D eigenvalue weighted by Crippen LogP contribution is -2.23. The van der Waals surface area contributed by atoms with E-state index in [1.165, 1.54) is 15.9 Å². The van der Waals surface area contributed by atoms with Gasteiger partial charge in [0.2, 0.25) is 10.8 Å². The van der Waals surface area contributed by atoms with Gasteiger partial charge in [0, 0.05) is 28.3 Å². The number of rotatable bonds is 6. The van der Waals surface area contributed by atoms with Gasteiger partial charge in [0.05, 0.1) is 16.8 Å². The Morgan fingerprint density at radius 1 is 1.00 bits per heavy atom. The number of hydrogen-bond acceptors (Lipinski definition) is 7. The Balaban J connectivity index is 1.35. The number of aromatic nitrogens is 5. The van der Waals surface area contributed by atoms with E-state index in [0.717, 1.165) is 50.4 Å². The van der Waals surface area contributed by atoms with Crippen LogP contribution < -0.4 is 14.8 Å². The molecule has 0 saturated heterocycles. The first-order chi connectivity index (χ1) is 20.0. The second-order valence-corrected chi connectivity index (χ2v) is 10.7. The van der Waals surface area contributed by atoms with Crippen molar-refractivity contribution >= 4 is 33.3 Å². The van der Waals surface area contributed by atoms with Crippen LogP contribution in [-0.4, -0.2) is 31.0 Å². The van der Waals surface area contributed by atoms with Crippen molar-refractivity contribution in [2.45, 2.75) is 20.8 Å². The number of fused-ring (bicyclic) bond motifs is 2. The predicted octanol–water partition coefficient (Wildman–Crippen LogP) is 5.98. The van der Waals surface area contributed by atoms with Crippen LogP contribution in [-0.2, 0) is 0 Å². The van der Waals surface area contributed by atoms with Crippen LogP contribution in [0.25, 0.3) is 50.5 Å². The average Bonchev–Trinajstić information content (AvgIpc) is 3.74. The number of hydrogen-bond donors (Lipinski definition) is 0. The molecule has 202 valence electrons. The molecule has 4 heterocycles. The van der Waals surface area contributed by atoms with Crippen molar-refractivity contribution in [2.75, 3.05) is 6.61 Å². The van der Waals surface area contributed by atoms with Crippen LogP contribution in [0.1, 0.15) is 23.6 Å². The van der Waals surface area contributed by atoms with Gasteiger partial charge in [0.25, 0.3) is 5.56 Å². The summed E-state index contributed by atoms with van der Waals surface area (Å²) in [5.74, 6) is 1.78. The molecule has 0 atom stereocenters. The van der Waals surface area contributed by atoms with E-state index in [1.54, 1.807) is 0 Å². The fourth-order valence-corrected chi connectivity index (χ4v) is 5.93. The van der Waals surface area contributed by atoms with Crippen molar-refractivity contribution in [1.82, 2.24) is 24.4 Å². The molecule has 0 bridgehead atoms. The van der Waals surface area contributed by atoms with Crippen LogP contribution in [0.4, 0.5) is 0 Å². The maximum absolute atomic E-state index is 13.5. The zero-order chi connectivity index (χ0) is 28.1. The first kappa shape index (κ1) is 25.0.